The van der Waals surface area contributed by atoms with Gasteiger partial charge in [-0.05, 0) is 38.1 Å². The van der Waals surface area contributed by atoms with Crippen LogP contribution in [0.1, 0.15) is 12.5 Å². The van der Waals surface area contributed by atoms with Crippen LogP contribution in [0.3, 0.4) is 0 Å². The van der Waals surface area contributed by atoms with Gasteiger partial charge in [0.15, 0.2) is 0 Å². The molecule has 0 fully saturated rings. The van der Waals surface area contributed by atoms with Gasteiger partial charge in [0, 0.05) is 12.2 Å². The molecule has 134 valence electrons. The standard InChI is InChI=1S/C18H22N2O4S/c1-3-24-18(21)17(13-19-15-7-5-4-6-8-15)20-25(22,23)16-11-9-14(2)10-12-16/h4-12,17,19-20H,3,13H2,1-2H3. The summed E-state index contributed by atoms with van der Waals surface area (Å²) in [5, 5.41) is 3.04. The Kier molecular flexibility index (Phi) is 6.55. The van der Waals surface area contributed by atoms with E-state index in [0.29, 0.717) is 0 Å². The van der Waals surface area contributed by atoms with Gasteiger partial charge in [-0.1, -0.05) is 35.9 Å². The first-order valence-corrected chi connectivity index (χ1v) is 9.45. The Morgan fingerprint density at radius 1 is 1.08 bits per heavy atom. The Labute approximate surface area is 148 Å². The summed E-state index contributed by atoms with van der Waals surface area (Å²) < 4.78 is 32.5. The van der Waals surface area contributed by atoms with Gasteiger partial charge >= 0.3 is 5.97 Å². The van der Waals surface area contributed by atoms with E-state index >= 15 is 0 Å². The van der Waals surface area contributed by atoms with E-state index in [9.17, 15) is 13.2 Å². The largest absolute Gasteiger partial charge is 0.465 e. The van der Waals surface area contributed by atoms with Gasteiger partial charge in [0.05, 0.1) is 11.5 Å². The van der Waals surface area contributed by atoms with Crippen LogP contribution in [0.4, 0.5) is 5.69 Å². The summed E-state index contributed by atoms with van der Waals surface area (Å²) in [6, 6.07) is 14.6. The van der Waals surface area contributed by atoms with Gasteiger partial charge in [-0.15, -0.1) is 0 Å². The predicted molar refractivity (Wildman–Crippen MR) is 96.9 cm³/mol. The first-order valence-electron chi connectivity index (χ1n) is 7.97. The fourth-order valence-electron chi connectivity index (χ4n) is 2.16. The lowest BCUT2D eigenvalue weighted by atomic mass is 10.2. The fourth-order valence-corrected chi connectivity index (χ4v) is 3.35. The third-order valence-corrected chi connectivity index (χ3v) is 4.97. The number of hydrogen-bond donors (Lipinski definition) is 2. The van der Waals surface area contributed by atoms with Crippen LogP contribution in [0.15, 0.2) is 59.5 Å². The van der Waals surface area contributed by atoms with Crippen LogP contribution in [0.25, 0.3) is 0 Å². The number of ether oxygens (including phenoxy) is 1. The lowest BCUT2D eigenvalue weighted by Crippen LogP contribution is -2.46. The van der Waals surface area contributed by atoms with E-state index in [2.05, 4.69) is 10.0 Å². The van der Waals surface area contributed by atoms with Crippen molar-refractivity contribution >= 4 is 21.7 Å². The second-order valence-corrected chi connectivity index (χ2v) is 7.20. The Hall–Kier alpha value is -2.38. The molecule has 0 saturated heterocycles. The summed E-state index contributed by atoms with van der Waals surface area (Å²) in [6.45, 7) is 3.80. The van der Waals surface area contributed by atoms with E-state index in [0.717, 1.165) is 11.3 Å². The average Bonchev–Trinajstić information content (AvgIpc) is 2.60. The van der Waals surface area contributed by atoms with E-state index in [1.165, 1.54) is 12.1 Å². The molecule has 0 bridgehead atoms. The molecule has 0 amide bonds. The minimum Gasteiger partial charge on any atom is -0.465 e. The van der Waals surface area contributed by atoms with Crippen LogP contribution in [0, 0.1) is 6.92 Å². The third kappa shape index (κ3) is 5.58. The van der Waals surface area contributed by atoms with Crippen molar-refractivity contribution in [3.63, 3.8) is 0 Å². The predicted octanol–water partition coefficient (Wildman–Crippen LogP) is 2.32. The maximum atomic E-state index is 12.5. The number of rotatable bonds is 8. The van der Waals surface area contributed by atoms with Gasteiger partial charge in [0.2, 0.25) is 10.0 Å². The Bertz CT molecular complexity index is 790. The van der Waals surface area contributed by atoms with Crippen LogP contribution in [0.2, 0.25) is 0 Å². The van der Waals surface area contributed by atoms with Gasteiger partial charge < -0.3 is 10.1 Å². The van der Waals surface area contributed by atoms with Crippen LogP contribution in [0.5, 0.6) is 0 Å². The fraction of sp³-hybridized carbons (Fsp3) is 0.278. The van der Waals surface area contributed by atoms with Gasteiger partial charge in [0.25, 0.3) is 0 Å². The van der Waals surface area contributed by atoms with E-state index in [-0.39, 0.29) is 18.0 Å². The highest BCUT2D eigenvalue weighted by Gasteiger charge is 2.26. The number of benzene rings is 2. The molecule has 0 saturated carbocycles. The molecule has 25 heavy (non-hydrogen) atoms. The lowest BCUT2D eigenvalue weighted by molar-refractivity contribution is -0.144. The summed E-state index contributed by atoms with van der Waals surface area (Å²) in [5.74, 6) is -0.624. The number of anilines is 1. The number of esters is 1. The molecule has 0 radical (unpaired) electrons. The maximum absolute atomic E-state index is 12.5. The Morgan fingerprint density at radius 3 is 2.32 bits per heavy atom. The SMILES string of the molecule is CCOC(=O)C(CNc1ccccc1)NS(=O)(=O)c1ccc(C)cc1. The average molecular weight is 362 g/mol. The van der Waals surface area contributed by atoms with Crippen LogP contribution >= 0.6 is 0 Å². The molecule has 2 N–H and O–H groups in total. The van der Waals surface area contributed by atoms with Crippen molar-refractivity contribution < 1.29 is 17.9 Å². The second kappa shape index (κ2) is 8.64. The Balaban J connectivity index is 2.14. The number of carbonyl (C=O) groups excluding carboxylic acids is 1. The van der Waals surface area contributed by atoms with Crippen molar-refractivity contribution in [1.82, 2.24) is 4.72 Å². The zero-order valence-corrected chi connectivity index (χ0v) is 15.0. The first-order chi connectivity index (χ1) is 11.9. The van der Waals surface area contributed by atoms with E-state index in [1.807, 2.05) is 37.3 Å². The third-order valence-electron chi connectivity index (χ3n) is 3.48. The zero-order valence-electron chi connectivity index (χ0n) is 14.2. The lowest BCUT2D eigenvalue weighted by Gasteiger charge is -2.18. The van der Waals surface area contributed by atoms with E-state index in [4.69, 9.17) is 4.74 Å². The van der Waals surface area contributed by atoms with Crippen molar-refractivity contribution in [3.8, 4) is 0 Å². The molecule has 0 aliphatic carbocycles. The molecule has 7 heteroatoms. The molecule has 2 aromatic carbocycles. The van der Waals surface area contributed by atoms with Gasteiger partial charge in [0.1, 0.15) is 6.04 Å². The van der Waals surface area contributed by atoms with Gasteiger partial charge in [-0.2, -0.15) is 4.72 Å². The second-order valence-electron chi connectivity index (χ2n) is 5.49. The van der Waals surface area contributed by atoms with Crippen molar-refractivity contribution in [2.24, 2.45) is 0 Å². The summed E-state index contributed by atoms with van der Waals surface area (Å²) >= 11 is 0. The molecule has 1 unspecified atom stereocenters. The Morgan fingerprint density at radius 2 is 1.72 bits per heavy atom. The molecule has 2 aromatic rings. The summed E-state index contributed by atoms with van der Waals surface area (Å²) in [6.07, 6.45) is 0. The van der Waals surface area contributed by atoms with E-state index in [1.54, 1.807) is 19.1 Å². The number of para-hydroxylation sites is 1. The minimum atomic E-state index is -3.83. The van der Waals surface area contributed by atoms with Crippen LogP contribution in [-0.2, 0) is 19.6 Å². The molecule has 0 aliphatic rings. The van der Waals surface area contributed by atoms with Gasteiger partial charge in [-0.3, -0.25) is 4.79 Å². The summed E-state index contributed by atoms with van der Waals surface area (Å²) in [7, 11) is -3.83. The first kappa shape index (κ1) is 19.0. The molecule has 0 aliphatic heterocycles. The number of hydrogen-bond acceptors (Lipinski definition) is 5. The summed E-state index contributed by atoms with van der Waals surface area (Å²) in [4.78, 5) is 12.2. The number of aryl methyl sites for hydroxylation is 1. The molecule has 2 rings (SSSR count). The highest BCUT2D eigenvalue weighted by molar-refractivity contribution is 7.89. The van der Waals surface area contributed by atoms with Crippen molar-refractivity contribution in [2.45, 2.75) is 24.8 Å². The van der Waals surface area contributed by atoms with Crippen LogP contribution < -0.4 is 10.0 Å². The highest BCUT2D eigenvalue weighted by atomic mass is 32.2. The molecule has 0 aromatic heterocycles. The van der Waals surface area contributed by atoms with Crippen LogP contribution in [-0.4, -0.2) is 33.6 Å². The highest BCUT2D eigenvalue weighted by Crippen LogP contribution is 2.12. The zero-order chi connectivity index (χ0) is 18.3. The monoisotopic (exact) mass is 362 g/mol. The quantitative estimate of drug-likeness (QED) is 0.704. The molecular weight excluding hydrogens is 340 g/mol. The molecule has 6 nitrogen and oxygen atoms in total. The number of sulfonamides is 1. The smallest absolute Gasteiger partial charge is 0.326 e. The molecule has 0 heterocycles. The maximum Gasteiger partial charge on any atom is 0.326 e. The molecule has 0 spiro atoms. The van der Waals surface area contributed by atoms with E-state index < -0.39 is 22.0 Å². The van der Waals surface area contributed by atoms with Gasteiger partial charge in [-0.25, -0.2) is 8.42 Å². The minimum absolute atomic E-state index is 0.0773. The number of carbonyl (C=O) groups is 1. The number of nitrogens with one attached hydrogen (secondary N) is 2. The normalized spacial score (nSPS) is 12.4. The van der Waals surface area contributed by atoms with Crippen molar-refractivity contribution in [2.75, 3.05) is 18.5 Å². The summed E-state index contributed by atoms with van der Waals surface area (Å²) in [5.41, 5.74) is 1.73. The van der Waals surface area contributed by atoms with Crippen molar-refractivity contribution in [1.29, 1.82) is 0 Å². The molecular formula is C18H22N2O4S. The topological polar surface area (TPSA) is 84.5 Å². The molecule has 1 atom stereocenters. The van der Waals surface area contributed by atoms with Crippen molar-refractivity contribution in [3.05, 3.63) is 60.2 Å².